The highest BCUT2D eigenvalue weighted by molar-refractivity contribution is 7.88. The van der Waals surface area contributed by atoms with E-state index in [1.54, 1.807) is 24.2 Å². The van der Waals surface area contributed by atoms with Gasteiger partial charge in [-0.25, -0.2) is 18.1 Å². The molecule has 1 aliphatic heterocycles. The van der Waals surface area contributed by atoms with Crippen LogP contribution in [0.2, 0.25) is 0 Å². The number of carbonyl (C=O) groups is 1. The molecule has 2 aromatic rings. The number of nitrogens with one attached hydrogen (secondary N) is 1. The maximum atomic E-state index is 12.9. The smallest absolute Gasteiger partial charge is 0.257 e. The second-order valence-electron chi connectivity index (χ2n) is 6.33. The number of aryl methyl sites for hydroxylation is 3. The van der Waals surface area contributed by atoms with E-state index < -0.39 is 10.0 Å². The highest BCUT2D eigenvalue weighted by atomic mass is 32.2. The van der Waals surface area contributed by atoms with Gasteiger partial charge >= 0.3 is 0 Å². The van der Waals surface area contributed by atoms with Gasteiger partial charge in [-0.15, -0.1) is 0 Å². The van der Waals surface area contributed by atoms with Gasteiger partial charge in [0.05, 0.1) is 42.6 Å². The van der Waals surface area contributed by atoms with Crippen LogP contribution in [0.1, 0.15) is 39.7 Å². The standard InChI is InChI=1S/C16H22N4O4S/c1-11-7-13(12(2)24-11)16(21)19-5-4-6-20-10-17-14(15(20)9-19)8-18-25(3,22)23/h7,10,18H,4-6,8-9H2,1-3H3. The first-order valence-electron chi connectivity index (χ1n) is 8.08. The molecule has 0 atom stereocenters. The van der Waals surface area contributed by atoms with Gasteiger partial charge in [0.2, 0.25) is 10.0 Å². The molecular weight excluding hydrogens is 344 g/mol. The number of hydrogen-bond donors (Lipinski definition) is 1. The van der Waals surface area contributed by atoms with Crippen molar-refractivity contribution in [3.63, 3.8) is 0 Å². The van der Waals surface area contributed by atoms with Crippen LogP contribution in [0.5, 0.6) is 0 Å². The Balaban J connectivity index is 1.84. The molecule has 0 saturated heterocycles. The van der Waals surface area contributed by atoms with E-state index in [1.807, 2.05) is 11.5 Å². The first-order chi connectivity index (χ1) is 11.7. The lowest BCUT2D eigenvalue weighted by atomic mass is 10.2. The van der Waals surface area contributed by atoms with E-state index in [-0.39, 0.29) is 12.5 Å². The molecule has 25 heavy (non-hydrogen) atoms. The van der Waals surface area contributed by atoms with Crippen molar-refractivity contribution in [1.29, 1.82) is 0 Å². The third kappa shape index (κ3) is 3.93. The fourth-order valence-electron chi connectivity index (χ4n) is 3.05. The van der Waals surface area contributed by atoms with Gasteiger partial charge in [-0.1, -0.05) is 0 Å². The number of aromatic nitrogens is 2. The van der Waals surface area contributed by atoms with E-state index in [9.17, 15) is 13.2 Å². The minimum Gasteiger partial charge on any atom is -0.466 e. The summed E-state index contributed by atoms with van der Waals surface area (Å²) in [7, 11) is -3.30. The lowest BCUT2D eigenvalue weighted by Crippen LogP contribution is -2.31. The second kappa shape index (κ2) is 6.64. The lowest BCUT2D eigenvalue weighted by Gasteiger charge is -2.20. The normalized spacial score (nSPS) is 15.1. The monoisotopic (exact) mass is 366 g/mol. The molecule has 0 fully saturated rings. The highest BCUT2D eigenvalue weighted by Crippen LogP contribution is 2.21. The Kier molecular flexibility index (Phi) is 4.70. The van der Waals surface area contributed by atoms with Crippen molar-refractivity contribution in [2.24, 2.45) is 0 Å². The third-order valence-corrected chi connectivity index (χ3v) is 4.93. The van der Waals surface area contributed by atoms with Crippen LogP contribution in [0.15, 0.2) is 16.8 Å². The predicted octanol–water partition coefficient (Wildman–Crippen LogP) is 1.19. The fourth-order valence-corrected chi connectivity index (χ4v) is 3.45. The van der Waals surface area contributed by atoms with Crippen LogP contribution in [0, 0.1) is 13.8 Å². The summed E-state index contributed by atoms with van der Waals surface area (Å²) in [6.45, 7) is 5.48. The molecule has 0 unspecified atom stereocenters. The summed E-state index contributed by atoms with van der Waals surface area (Å²) in [5.41, 5.74) is 2.08. The molecule has 0 bridgehead atoms. The van der Waals surface area contributed by atoms with Gasteiger partial charge in [0.25, 0.3) is 5.91 Å². The SMILES string of the molecule is Cc1cc(C(=O)N2CCCn3cnc(CNS(C)(=O)=O)c3C2)c(C)o1. The van der Waals surface area contributed by atoms with Gasteiger partial charge in [0.15, 0.2) is 0 Å². The number of nitrogens with zero attached hydrogens (tertiary/aromatic N) is 3. The summed E-state index contributed by atoms with van der Waals surface area (Å²) < 4.78 is 32.6. The van der Waals surface area contributed by atoms with Crippen molar-refractivity contribution >= 4 is 15.9 Å². The topological polar surface area (TPSA) is 97.4 Å². The van der Waals surface area contributed by atoms with Gasteiger partial charge in [0, 0.05) is 13.1 Å². The highest BCUT2D eigenvalue weighted by Gasteiger charge is 2.25. The van der Waals surface area contributed by atoms with E-state index >= 15 is 0 Å². The molecule has 9 heteroatoms. The fraction of sp³-hybridized carbons (Fsp3) is 0.500. The van der Waals surface area contributed by atoms with E-state index in [0.29, 0.717) is 35.9 Å². The molecule has 0 saturated carbocycles. The summed E-state index contributed by atoms with van der Waals surface area (Å²) in [6, 6.07) is 1.76. The number of carbonyl (C=O) groups excluding carboxylic acids is 1. The minimum absolute atomic E-state index is 0.0778. The molecule has 136 valence electrons. The third-order valence-electron chi connectivity index (χ3n) is 4.26. The largest absolute Gasteiger partial charge is 0.466 e. The Labute approximate surface area is 146 Å². The van der Waals surface area contributed by atoms with Crippen LogP contribution in [0.25, 0.3) is 0 Å². The molecule has 8 nitrogen and oxygen atoms in total. The molecule has 3 rings (SSSR count). The molecule has 0 radical (unpaired) electrons. The average Bonchev–Trinajstić information content (AvgIpc) is 2.98. The van der Waals surface area contributed by atoms with Crippen molar-refractivity contribution in [1.82, 2.24) is 19.2 Å². The van der Waals surface area contributed by atoms with Crippen LogP contribution in [-0.2, 0) is 29.7 Å². The van der Waals surface area contributed by atoms with E-state index in [1.165, 1.54) is 0 Å². The van der Waals surface area contributed by atoms with Gasteiger partial charge < -0.3 is 13.9 Å². The van der Waals surface area contributed by atoms with E-state index in [4.69, 9.17) is 4.42 Å². The summed E-state index contributed by atoms with van der Waals surface area (Å²) >= 11 is 0. The second-order valence-corrected chi connectivity index (χ2v) is 8.16. The number of rotatable bonds is 4. The van der Waals surface area contributed by atoms with E-state index in [2.05, 4.69) is 9.71 Å². The number of imidazole rings is 1. The molecule has 0 aliphatic carbocycles. The van der Waals surface area contributed by atoms with Crippen LogP contribution in [-0.4, -0.2) is 41.6 Å². The van der Waals surface area contributed by atoms with E-state index in [0.717, 1.165) is 24.9 Å². The summed E-state index contributed by atoms with van der Waals surface area (Å²) in [6.07, 6.45) is 3.63. The van der Waals surface area contributed by atoms with Gasteiger partial charge in [0.1, 0.15) is 11.5 Å². The lowest BCUT2D eigenvalue weighted by molar-refractivity contribution is 0.0743. The van der Waals surface area contributed by atoms with Crippen LogP contribution < -0.4 is 4.72 Å². The summed E-state index contributed by atoms with van der Waals surface area (Å²) in [5, 5.41) is 0. The molecule has 1 amide bonds. The quantitative estimate of drug-likeness (QED) is 0.876. The maximum Gasteiger partial charge on any atom is 0.257 e. The van der Waals surface area contributed by atoms with Crippen molar-refractivity contribution in [3.05, 3.63) is 40.9 Å². The average molecular weight is 366 g/mol. The van der Waals surface area contributed by atoms with Gasteiger partial charge in [-0.2, -0.15) is 0 Å². The molecule has 2 aromatic heterocycles. The van der Waals surface area contributed by atoms with Crippen molar-refractivity contribution in [2.75, 3.05) is 12.8 Å². The van der Waals surface area contributed by atoms with Gasteiger partial charge in [-0.05, 0) is 26.3 Å². The molecule has 1 N–H and O–H groups in total. The molecular formula is C16H22N4O4S. The zero-order valence-electron chi connectivity index (χ0n) is 14.6. The predicted molar refractivity (Wildman–Crippen MR) is 91.5 cm³/mol. The molecule has 3 heterocycles. The Bertz CT molecular complexity index is 897. The molecule has 0 spiro atoms. The number of sulfonamides is 1. The maximum absolute atomic E-state index is 12.9. The van der Waals surface area contributed by atoms with Crippen molar-refractivity contribution in [2.45, 2.75) is 39.9 Å². The molecule has 0 aromatic carbocycles. The number of amides is 1. The van der Waals surface area contributed by atoms with Crippen molar-refractivity contribution < 1.29 is 17.6 Å². The number of hydrogen-bond acceptors (Lipinski definition) is 5. The van der Waals surface area contributed by atoms with Crippen LogP contribution in [0.3, 0.4) is 0 Å². The summed E-state index contributed by atoms with van der Waals surface area (Å²) in [4.78, 5) is 18.9. The zero-order valence-corrected chi connectivity index (χ0v) is 15.4. The first kappa shape index (κ1) is 17.7. The number of furan rings is 1. The van der Waals surface area contributed by atoms with Crippen LogP contribution in [0.4, 0.5) is 0 Å². The number of fused-ring (bicyclic) bond motifs is 1. The Hall–Kier alpha value is -2.13. The summed E-state index contributed by atoms with van der Waals surface area (Å²) in [5.74, 6) is 1.24. The van der Waals surface area contributed by atoms with Crippen molar-refractivity contribution in [3.8, 4) is 0 Å². The molecule has 1 aliphatic rings. The minimum atomic E-state index is -3.30. The Morgan fingerprint density at radius 2 is 2.12 bits per heavy atom. The van der Waals surface area contributed by atoms with Gasteiger partial charge in [-0.3, -0.25) is 4.79 Å². The Morgan fingerprint density at radius 1 is 1.36 bits per heavy atom. The first-order valence-corrected chi connectivity index (χ1v) is 9.97. The zero-order chi connectivity index (χ0) is 18.2. The Morgan fingerprint density at radius 3 is 2.76 bits per heavy atom. The van der Waals surface area contributed by atoms with Crippen LogP contribution >= 0.6 is 0 Å².